The number of amides is 1. The van der Waals surface area contributed by atoms with Gasteiger partial charge < -0.3 is 10.6 Å². The molecule has 1 aliphatic heterocycles. The van der Waals surface area contributed by atoms with E-state index in [0.29, 0.717) is 13.0 Å². The van der Waals surface area contributed by atoms with Crippen LogP contribution in [-0.2, 0) is 10.2 Å². The SMILES string of the molecule is Cc1ccccc1C1(CN)CCCN(C)C(=O)C1. The van der Waals surface area contributed by atoms with Crippen LogP contribution >= 0.6 is 0 Å². The molecule has 1 amide bonds. The molecule has 1 unspecified atom stereocenters. The predicted octanol–water partition coefficient (Wildman–Crippen LogP) is 1.83. The van der Waals surface area contributed by atoms with Crippen molar-refractivity contribution >= 4 is 5.91 Å². The molecule has 1 heterocycles. The van der Waals surface area contributed by atoms with Gasteiger partial charge in [0.05, 0.1) is 0 Å². The fourth-order valence-electron chi connectivity index (χ4n) is 2.97. The van der Waals surface area contributed by atoms with Crippen LogP contribution in [0.5, 0.6) is 0 Å². The molecule has 3 nitrogen and oxygen atoms in total. The summed E-state index contributed by atoms with van der Waals surface area (Å²) >= 11 is 0. The van der Waals surface area contributed by atoms with E-state index in [1.54, 1.807) is 0 Å². The van der Waals surface area contributed by atoms with E-state index in [9.17, 15) is 4.79 Å². The zero-order valence-corrected chi connectivity index (χ0v) is 11.3. The number of benzene rings is 1. The summed E-state index contributed by atoms with van der Waals surface area (Å²) in [4.78, 5) is 14.0. The van der Waals surface area contributed by atoms with Gasteiger partial charge in [0.1, 0.15) is 0 Å². The topological polar surface area (TPSA) is 46.3 Å². The summed E-state index contributed by atoms with van der Waals surface area (Å²) in [6, 6.07) is 8.30. The molecule has 0 aromatic heterocycles. The summed E-state index contributed by atoms with van der Waals surface area (Å²) in [5, 5.41) is 0. The van der Waals surface area contributed by atoms with E-state index in [0.717, 1.165) is 19.4 Å². The van der Waals surface area contributed by atoms with E-state index >= 15 is 0 Å². The number of carbonyl (C=O) groups is 1. The van der Waals surface area contributed by atoms with Gasteiger partial charge in [-0.15, -0.1) is 0 Å². The van der Waals surface area contributed by atoms with E-state index in [-0.39, 0.29) is 11.3 Å². The second-order valence-corrected chi connectivity index (χ2v) is 5.39. The predicted molar refractivity (Wildman–Crippen MR) is 73.4 cm³/mol. The number of nitrogens with two attached hydrogens (primary N) is 1. The number of hydrogen-bond donors (Lipinski definition) is 1. The highest BCUT2D eigenvalue weighted by molar-refractivity contribution is 5.78. The monoisotopic (exact) mass is 246 g/mol. The number of rotatable bonds is 2. The zero-order chi connectivity index (χ0) is 13.2. The Morgan fingerprint density at radius 2 is 2.11 bits per heavy atom. The largest absolute Gasteiger partial charge is 0.346 e. The Morgan fingerprint density at radius 1 is 1.39 bits per heavy atom. The fourth-order valence-corrected chi connectivity index (χ4v) is 2.97. The molecule has 18 heavy (non-hydrogen) atoms. The summed E-state index contributed by atoms with van der Waals surface area (Å²) in [5.41, 5.74) is 8.35. The zero-order valence-electron chi connectivity index (χ0n) is 11.3. The van der Waals surface area contributed by atoms with Crippen molar-refractivity contribution in [2.75, 3.05) is 20.1 Å². The summed E-state index contributed by atoms with van der Waals surface area (Å²) in [6.45, 7) is 3.48. The lowest BCUT2D eigenvalue weighted by Crippen LogP contribution is -2.38. The second-order valence-electron chi connectivity index (χ2n) is 5.39. The first kappa shape index (κ1) is 13.1. The van der Waals surface area contributed by atoms with Crippen LogP contribution < -0.4 is 5.73 Å². The minimum absolute atomic E-state index is 0.173. The summed E-state index contributed by atoms with van der Waals surface area (Å²) in [5.74, 6) is 0.209. The quantitative estimate of drug-likeness (QED) is 0.865. The highest BCUT2D eigenvalue weighted by atomic mass is 16.2. The molecule has 0 saturated carbocycles. The molecule has 0 aliphatic carbocycles. The maximum absolute atomic E-state index is 12.1. The van der Waals surface area contributed by atoms with Crippen molar-refractivity contribution in [3.8, 4) is 0 Å². The normalized spacial score (nSPS) is 25.1. The van der Waals surface area contributed by atoms with E-state index in [4.69, 9.17) is 5.73 Å². The molecule has 2 N–H and O–H groups in total. The average molecular weight is 246 g/mol. The van der Waals surface area contributed by atoms with Crippen molar-refractivity contribution in [2.45, 2.75) is 31.6 Å². The summed E-state index contributed by atoms with van der Waals surface area (Å²) in [7, 11) is 1.88. The number of carbonyl (C=O) groups excluding carboxylic acids is 1. The van der Waals surface area contributed by atoms with Crippen LogP contribution in [0.4, 0.5) is 0 Å². The van der Waals surface area contributed by atoms with Gasteiger partial charge in [0.25, 0.3) is 0 Å². The minimum atomic E-state index is -0.173. The molecule has 0 radical (unpaired) electrons. The van der Waals surface area contributed by atoms with Gasteiger partial charge in [-0.3, -0.25) is 4.79 Å². The first-order valence-corrected chi connectivity index (χ1v) is 6.59. The van der Waals surface area contributed by atoms with Gasteiger partial charge in [-0.2, -0.15) is 0 Å². The van der Waals surface area contributed by atoms with Gasteiger partial charge in [-0.1, -0.05) is 24.3 Å². The number of likely N-dealkylation sites (tertiary alicyclic amines) is 1. The molecule has 1 atom stereocenters. The molecule has 1 fully saturated rings. The highest BCUT2D eigenvalue weighted by Crippen LogP contribution is 2.36. The first-order chi connectivity index (χ1) is 8.59. The Bertz CT molecular complexity index is 444. The van der Waals surface area contributed by atoms with E-state index < -0.39 is 0 Å². The van der Waals surface area contributed by atoms with Crippen molar-refractivity contribution in [1.29, 1.82) is 0 Å². The third-order valence-corrected chi connectivity index (χ3v) is 4.17. The Morgan fingerprint density at radius 3 is 2.78 bits per heavy atom. The lowest BCUT2D eigenvalue weighted by molar-refractivity contribution is -0.130. The summed E-state index contributed by atoms with van der Waals surface area (Å²) in [6.07, 6.45) is 2.54. The van der Waals surface area contributed by atoms with Crippen molar-refractivity contribution in [3.05, 3.63) is 35.4 Å². The van der Waals surface area contributed by atoms with Crippen molar-refractivity contribution < 1.29 is 4.79 Å². The molecule has 0 spiro atoms. The smallest absolute Gasteiger partial charge is 0.223 e. The van der Waals surface area contributed by atoms with Crippen molar-refractivity contribution in [1.82, 2.24) is 4.90 Å². The highest BCUT2D eigenvalue weighted by Gasteiger charge is 2.37. The fraction of sp³-hybridized carbons (Fsp3) is 0.533. The molecule has 0 bridgehead atoms. The van der Waals surface area contributed by atoms with Gasteiger partial charge in [-0.25, -0.2) is 0 Å². The van der Waals surface area contributed by atoms with Crippen LogP contribution in [0, 0.1) is 6.92 Å². The molecule has 98 valence electrons. The summed E-state index contributed by atoms with van der Waals surface area (Å²) < 4.78 is 0. The molecule has 1 aromatic rings. The third-order valence-electron chi connectivity index (χ3n) is 4.17. The van der Waals surface area contributed by atoms with Crippen LogP contribution in [0.2, 0.25) is 0 Å². The van der Waals surface area contributed by atoms with Crippen LogP contribution in [0.3, 0.4) is 0 Å². The van der Waals surface area contributed by atoms with Gasteiger partial charge in [-0.05, 0) is 30.9 Å². The molecule has 1 aliphatic rings. The third kappa shape index (κ3) is 2.27. The molecule has 2 rings (SSSR count). The number of nitrogens with zero attached hydrogens (tertiary/aromatic N) is 1. The first-order valence-electron chi connectivity index (χ1n) is 6.59. The van der Waals surface area contributed by atoms with Gasteiger partial charge >= 0.3 is 0 Å². The van der Waals surface area contributed by atoms with E-state index in [1.165, 1.54) is 11.1 Å². The lowest BCUT2D eigenvalue weighted by Gasteiger charge is -2.32. The Labute approximate surface area is 109 Å². The molecule has 3 heteroatoms. The Balaban J connectivity index is 2.41. The minimum Gasteiger partial charge on any atom is -0.346 e. The van der Waals surface area contributed by atoms with Crippen molar-refractivity contribution in [2.24, 2.45) is 5.73 Å². The second kappa shape index (κ2) is 5.11. The van der Waals surface area contributed by atoms with Crippen LogP contribution in [0.15, 0.2) is 24.3 Å². The average Bonchev–Trinajstić information content (AvgIpc) is 2.51. The van der Waals surface area contributed by atoms with Crippen LogP contribution in [0.25, 0.3) is 0 Å². The molecular weight excluding hydrogens is 224 g/mol. The van der Waals surface area contributed by atoms with E-state index in [1.807, 2.05) is 24.1 Å². The standard InChI is InChI=1S/C15H22N2O/c1-12-6-3-4-7-13(12)15(11-16)8-5-9-17(2)14(18)10-15/h3-4,6-7H,5,8-11,16H2,1-2H3. The van der Waals surface area contributed by atoms with Crippen LogP contribution in [-0.4, -0.2) is 30.9 Å². The molecular formula is C15H22N2O. The van der Waals surface area contributed by atoms with Crippen molar-refractivity contribution in [3.63, 3.8) is 0 Å². The van der Waals surface area contributed by atoms with Crippen LogP contribution in [0.1, 0.15) is 30.4 Å². The Hall–Kier alpha value is -1.35. The maximum atomic E-state index is 12.1. The lowest BCUT2D eigenvalue weighted by atomic mass is 9.73. The van der Waals surface area contributed by atoms with Gasteiger partial charge in [0.2, 0.25) is 5.91 Å². The Kier molecular flexibility index (Phi) is 3.71. The van der Waals surface area contributed by atoms with Gasteiger partial charge in [0, 0.05) is 32.0 Å². The molecule has 1 saturated heterocycles. The molecule has 1 aromatic carbocycles. The number of aryl methyl sites for hydroxylation is 1. The number of hydrogen-bond acceptors (Lipinski definition) is 2. The van der Waals surface area contributed by atoms with E-state index in [2.05, 4.69) is 19.1 Å². The van der Waals surface area contributed by atoms with Gasteiger partial charge in [0.15, 0.2) is 0 Å². The maximum Gasteiger partial charge on any atom is 0.223 e.